The molecule has 2 aromatic rings. The molecule has 2 heterocycles. The predicted octanol–water partition coefficient (Wildman–Crippen LogP) is 1.71. The van der Waals surface area contributed by atoms with Gasteiger partial charge in [-0.25, -0.2) is 4.98 Å². The van der Waals surface area contributed by atoms with E-state index < -0.39 is 11.7 Å². The average Bonchev–Trinajstić information content (AvgIpc) is 3.18. The minimum absolute atomic E-state index is 0.535. The summed E-state index contributed by atoms with van der Waals surface area (Å²) < 4.78 is 40.5. The molecule has 0 spiro atoms. The van der Waals surface area contributed by atoms with Gasteiger partial charge in [0.25, 0.3) is 0 Å². The van der Waals surface area contributed by atoms with Gasteiger partial charge in [0, 0.05) is 52.5 Å². The number of nitrogens with zero attached hydrogens (tertiary/aromatic N) is 6. The summed E-state index contributed by atoms with van der Waals surface area (Å²) in [6.45, 7) is 5.32. The first-order valence-corrected chi connectivity index (χ1v) is 10.3. The summed E-state index contributed by atoms with van der Waals surface area (Å²) in [5, 5.41) is 10.5. The number of benzene rings is 1. The van der Waals surface area contributed by atoms with Crippen molar-refractivity contribution in [2.45, 2.75) is 19.1 Å². The number of hydrogen-bond donors (Lipinski definition) is 2. The molecule has 1 aliphatic rings. The van der Waals surface area contributed by atoms with Crippen molar-refractivity contribution < 1.29 is 13.2 Å². The highest BCUT2D eigenvalue weighted by Gasteiger charge is 2.31. The maximum Gasteiger partial charge on any atom is 0.416 e. The third-order valence-electron chi connectivity index (χ3n) is 5.30. The van der Waals surface area contributed by atoms with E-state index in [9.17, 15) is 13.2 Å². The van der Waals surface area contributed by atoms with Crippen LogP contribution in [0.1, 0.15) is 17.8 Å². The highest BCUT2D eigenvalue weighted by Crippen LogP contribution is 2.31. The molecule has 0 saturated carbocycles. The van der Waals surface area contributed by atoms with Crippen LogP contribution in [0.15, 0.2) is 35.6 Å². The lowest BCUT2D eigenvalue weighted by atomic mass is 10.1. The number of hydrogen-bond acceptors (Lipinski definition) is 5. The zero-order chi connectivity index (χ0) is 22.3. The highest BCUT2D eigenvalue weighted by atomic mass is 19.4. The van der Waals surface area contributed by atoms with Crippen molar-refractivity contribution in [2.24, 2.45) is 12.0 Å². The third kappa shape index (κ3) is 6.58. The van der Waals surface area contributed by atoms with Crippen LogP contribution in [0.4, 0.5) is 18.9 Å². The van der Waals surface area contributed by atoms with E-state index in [1.54, 1.807) is 17.8 Å². The molecule has 11 heteroatoms. The molecule has 0 unspecified atom stereocenters. The van der Waals surface area contributed by atoms with E-state index >= 15 is 0 Å². The van der Waals surface area contributed by atoms with Gasteiger partial charge in [-0.2, -0.15) is 18.3 Å². The van der Waals surface area contributed by atoms with Gasteiger partial charge in [-0.05, 0) is 31.2 Å². The highest BCUT2D eigenvalue weighted by molar-refractivity contribution is 5.79. The number of guanidine groups is 1. The Hall–Kier alpha value is -2.82. The van der Waals surface area contributed by atoms with Gasteiger partial charge in [0.15, 0.2) is 5.96 Å². The van der Waals surface area contributed by atoms with E-state index in [0.717, 1.165) is 57.6 Å². The Morgan fingerprint density at radius 1 is 1.16 bits per heavy atom. The molecular formula is C20H29F3N8. The molecule has 8 nitrogen and oxygen atoms in total. The summed E-state index contributed by atoms with van der Waals surface area (Å²) in [7, 11) is 3.56. The first-order valence-electron chi connectivity index (χ1n) is 10.3. The van der Waals surface area contributed by atoms with Gasteiger partial charge in [0.1, 0.15) is 12.2 Å². The Labute approximate surface area is 180 Å². The lowest BCUT2D eigenvalue weighted by Gasteiger charge is -2.36. The Balaban J connectivity index is 1.35. The van der Waals surface area contributed by atoms with Crippen LogP contribution in [0.3, 0.4) is 0 Å². The molecule has 170 valence electrons. The zero-order valence-electron chi connectivity index (χ0n) is 17.9. The predicted molar refractivity (Wildman–Crippen MR) is 114 cm³/mol. The van der Waals surface area contributed by atoms with Crippen molar-refractivity contribution in [1.82, 2.24) is 30.3 Å². The van der Waals surface area contributed by atoms with Crippen LogP contribution < -0.4 is 15.5 Å². The van der Waals surface area contributed by atoms with Crippen LogP contribution in [0.25, 0.3) is 0 Å². The maximum absolute atomic E-state index is 12.9. The molecule has 1 aromatic heterocycles. The second-order valence-corrected chi connectivity index (χ2v) is 7.38. The Kier molecular flexibility index (Phi) is 7.72. The van der Waals surface area contributed by atoms with Gasteiger partial charge >= 0.3 is 6.18 Å². The summed E-state index contributed by atoms with van der Waals surface area (Å²) in [6.07, 6.45) is -1.86. The monoisotopic (exact) mass is 438 g/mol. The van der Waals surface area contributed by atoms with Crippen molar-refractivity contribution in [3.05, 3.63) is 42.0 Å². The molecule has 0 amide bonds. The number of aryl methyl sites for hydroxylation is 1. The average molecular weight is 439 g/mol. The first kappa shape index (κ1) is 22.9. The smallest absolute Gasteiger partial charge is 0.369 e. The van der Waals surface area contributed by atoms with E-state index in [-0.39, 0.29) is 0 Å². The van der Waals surface area contributed by atoms with Crippen molar-refractivity contribution >= 4 is 11.6 Å². The number of aromatic nitrogens is 3. The summed E-state index contributed by atoms with van der Waals surface area (Å²) in [6, 6.07) is 5.57. The van der Waals surface area contributed by atoms with Crippen LogP contribution in [0.2, 0.25) is 0 Å². The van der Waals surface area contributed by atoms with Crippen LogP contribution in [0.5, 0.6) is 0 Å². The van der Waals surface area contributed by atoms with Crippen molar-refractivity contribution in [3.8, 4) is 0 Å². The molecule has 3 rings (SSSR count). The molecule has 1 fully saturated rings. The SMILES string of the molecule is CN=C(NCCCN1CCN(c2cccc(C(F)(F)F)c2)CC1)NCc1ncnn1C. The van der Waals surface area contributed by atoms with Crippen molar-refractivity contribution in [3.63, 3.8) is 0 Å². The molecule has 0 atom stereocenters. The quantitative estimate of drug-likeness (QED) is 0.390. The number of piperazine rings is 1. The normalized spacial score (nSPS) is 15.9. The van der Waals surface area contributed by atoms with E-state index in [2.05, 4.69) is 30.6 Å². The van der Waals surface area contributed by atoms with E-state index in [0.29, 0.717) is 18.2 Å². The topological polar surface area (TPSA) is 73.6 Å². The molecule has 0 radical (unpaired) electrons. The molecule has 31 heavy (non-hydrogen) atoms. The summed E-state index contributed by atoms with van der Waals surface area (Å²) >= 11 is 0. The van der Waals surface area contributed by atoms with Gasteiger partial charge in [-0.15, -0.1) is 0 Å². The fraction of sp³-hybridized carbons (Fsp3) is 0.550. The Morgan fingerprint density at radius 3 is 2.58 bits per heavy atom. The second kappa shape index (κ2) is 10.5. The number of anilines is 1. The molecule has 0 bridgehead atoms. The number of nitrogens with one attached hydrogen (secondary N) is 2. The van der Waals surface area contributed by atoms with Gasteiger partial charge in [0.05, 0.1) is 12.1 Å². The lowest BCUT2D eigenvalue weighted by molar-refractivity contribution is -0.137. The van der Waals surface area contributed by atoms with E-state index in [1.807, 2.05) is 11.9 Å². The number of halogens is 3. The van der Waals surface area contributed by atoms with Crippen molar-refractivity contribution in [2.75, 3.05) is 51.2 Å². The number of alkyl halides is 3. The Bertz CT molecular complexity index is 856. The summed E-state index contributed by atoms with van der Waals surface area (Å²) in [5.41, 5.74) is 0.0357. The molecule has 2 N–H and O–H groups in total. The number of rotatable bonds is 7. The van der Waals surface area contributed by atoms with Gasteiger partial charge in [-0.3, -0.25) is 14.6 Å². The van der Waals surface area contributed by atoms with E-state index in [4.69, 9.17) is 0 Å². The first-order chi connectivity index (χ1) is 14.9. The van der Waals surface area contributed by atoms with Gasteiger partial charge in [0.2, 0.25) is 0 Å². The van der Waals surface area contributed by atoms with Crippen molar-refractivity contribution in [1.29, 1.82) is 0 Å². The van der Waals surface area contributed by atoms with Gasteiger partial charge in [-0.1, -0.05) is 6.07 Å². The maximum atomic E-state index is 12.9. The Morgan fingerprint density at radius 2 is 1.94 bits per heavy atom. The summed E-state index contributed by atoms with van der Waals surface area (Å²) in [5.74, 6) is 1.53. The van der Waals surface area contributed by atoms with E-state index in [1.165, 1.54) is 18.5 Å². The molecule has 1 aromatic carbocycles. The van der Waals surface area contributed by atoms with Crippen LogP contribution in [-0.4, -0.2) is 71.9 Å². The minimum atomic E-state index is -4.31. The number of aliphatic imine (C=N–C) groups is 1. The summed E-state index contributed by atoms with van der Waals surface area (Å²) in [4.78, 5) is 12.7. The fourth-order valence-corrected chi connectivity index (χ4v) is 3.48. The standard InChI is InChI=1S/C20H29F3N8/c1-24-19(26-14-18-27-15-28-29(18)2)25-7-4-8-30-9-11-31(12-10-30)17-6-3-5-16(13-17)20(21,22)23/h3,5-6,13,15H,4,7-12,14H2,1-2H3,(H2,24,25,26). The molecule has 1 aliphatic heterocycles. The second-order valence-electron chi connectivity index (χ2n) is 7.38. The molecular weight excluding hydrogens is 409 g/mol. The molecule has 0 aliphatic carbocycles. The zero-order valence-corrected chi connectivity index (χ0v) is 17.9. The van der Waals surface area contributed by atoms with Gasteiger partial charge < -0.3 is 15.5 Å². The largest absolute Gasteiger partial charge is 0.416 e. The van der Waals surface area contributed by atoms with Crippen LogP contribution in [-0.2, 0) is 19.8 Å². The fourth-order valence-electron chi connectivity index (χ4n) is 3.48. The minimum Gasteiger partial charge on any atom is -0.369 e. The van der Waals surface area contributed by atoms with Crippen LogP contribution in [0, 0.1) is 0 Å². The third-order valence-corrected chi connectivity index (χ3v) is 5.30. The van der Waals surface area contributed by atoms with Crippen LogP contribution >= 0.6 is 0 Å². The molecule has 1 saturated heterocycles. The lowest BCUT2D eigenvalue weighted by Crippen LogP contribution is -2.47.